The standard InChI is InChI=1S/C16H25N3/c17-16-6-2-1-5-14(16)13-19(15-7-8-15)12-11-18-9-3-4-10-18/h1-2,5-6,15H,3-4,7-13,17H2. The largest absolute Gasteiger partial charge is 0.398 e. The molecular weight excluding hydrogens is 234 g/mol. The Morgan fingerprint density at radius 2 is 1.89 bits per heavy atom. The second kappa shape index (κ2) is 5.93. The normalized spacial score (nSPS) is 20.3. The van der Waals surface area contributed by atoms with Crippen LogP contribution >= 0.6 is 0 Å². The molecule has 2 aliphatic rings. The van der Waals surface area contributed by atoms with Crippen molar-refractivity contribution in [2.45, 2.75) is 38.3 Å². The Morgan fingerprint density at radius 3 is 2.58 bits per heavy atom. The summed E-state index contributed by atoms with van der Waals surface area (Å²) in [6.45, 7) is 6.03. The molecule has 0 radical (unpaired) electrons. The van der Waals surface area contributed by atoms with E-state index in [4.69, 9.17) is 5.73 Å². The van der Waals surface area contributed by atoms with Crippen LogP contribution in [0.2, 0.25) is 0 Å². The highest BCUT2D eigenvalue weighted by Crippen LogP contribution is 2.29. The van der Waals surface area contributed by atoms with E-state index in [2.05, 4.69) is 21.9 Å². The highest BCUT2D eigenvalue weighted by molar-refractivity contribution is 5.46. The van der Waals surface area contributed by atoms with Crippen LogP contribution in [0.5, 0.6) is 0 Å². The number of benzene rings is 1. The van der Waals surface area contributed by atoms with Gasteiger partial charge < -0.3 is 10.6 Å². The minimum Gasteiger partial charge on any atom is -0.398 e. The fourth-order valence-electron chi connectivity index (χ4n) is 3.00. The third-order valence-electron chi connectivity index (χ3n) is 4.39. The van der Waals surface area contributed by atoms with Gasteiger partial charge in [-0.3, -0.25) is 4.90 Å². The Morgan fingerprint density at radius 1 is 1.16 bits per heavy atom. The third-order valence-corrected chi connectivity index (χ3v) is 4.39. The summed E-state index contributed by atoms with van der Waals surface area (Å²) in [7, 11) is 0. The molecule has 104 valence electrons. The van der Waals surface area contributed by atoms with E-state index in [1.807, 2.05) is 12.1 Å². The highest BCUT2D eigenvalue weighted by atomic mass is 15.2. The molecule has 1 heterocycles. The molecule has 0 atom stereocenters. The van der Waals surface area contributed by atoms with Crippen LogP contribution in [-0.4, -0.2) is 42.0 Å². The van der Waals surface area contributed by atoms with Gasteiger partial charge in [-0.2, -0.15) is 0 Å². The van der Waals surface area contributed by atoms with E-state index in [0.29, 0.717) is 0 Å². The van der Waals surface area contributed by atoms with E-state index in [0.717, 1.165) is 18.3 Å². The molecule has 19 heavy (non-hydrogen) atoms. The van der Waals surface area contributed by atoms with Crippen molar-refractivity contribution in [1.82, 2.24) is 9.80 Å². The summed E-state index contributed by atoms with van der Waals surface area (Å²) in [5.74, 6) is 0. The first-order valence-electron chi connectivity index (χ1n) is 7.63. The van der Waals surface area contributed by atoms with Gasteiger partial charge in [0.15, 0.2) is 0 Å². The van der Waals surface area contributed by atoms with Crippen LogP contribution in [0.3, 0.4) is 0 Å². The maximum atomic E-state index is 6.07. The quantitative estimate of drug-likeness (QED) is 0.796. The molecule has 0 spiro atoms. The maximum Gasteiger partial charge on any atom is 0.0359 e. The summed E-state index contributed by atoms with van der Waals surface area (Å²) in [6, 6.07) is 9.10. The zero-order valence-electron chi connectivity index (χ0n) is 11.7. The molecule has 1 aliphatic heterocycles. The van der Waals surface area contributed by atoms with Crippen molar-refractivity contribution >= 4 is 5.69 Å². The summed E-state index contributed by atoms with van der Waals surface area (Å²) in [5.41, 5.74) is 8.30. The Hall–Kier alpha value is -1.06. The topological polar surface area (TPSA) is 32.5 Å². The first-order valence-corrected chi connectivity index (χ1v) is 7.63. The van der Waals surface area contributed by atoms with Crippen LogP contribution in [0, 0.1) is 0 Å². The second-order valence-corrected chi connectivity index (χ2v) is 5.95. The van der Waals surface area contributed by atoms with E-state index in [-0.39, 0.29) is 0 Å². The predicted octanol–water partition coefficient (Wildman–Crippen LogP) is 2.33. The van der Waals surface area contributed by atoms with E-state index in [1.54, 1.807) is 0 Å². The summed E-state index contributed by atoms with van der Waals surface area (Å²) in [4.78, 5) is 5.23. The van der Waals surface area contributed by atoms with Gasteiger partial charge in [-0.15, -0.1) is 0 Å². The number of anilines is 1. The number of nitrogen functional groups attached to an aromatic ring is 1. The van der Waals surface area contributed by atoms with Crippen molar-refractivity contribution in [2.75, 3.05) is 31.9 Å². The van der Waals surface area contributed by atoms with Gasteiger partial charge >= 0.3 is 0 Å². The molecule has 3 heteroatoms. The van der Waals surface area contributed by atoms with Crippen molar-refractivity contribution in [3.05, 3.63) is 29.8 Å². The zero-order valence-corrected chi connectivity index (χ0v) is 11.7. The lowest BCUT2D eigenvalue weighted by Gasteiger charge is -2.25. The minimum atomic E-state index is 0.808. The predicted molar refractivity (Wildman–Crippen MR) is 80.0 cm³/mol. The van der Waals surface area contributed by atoms with E-state index in [9.17, 15) is 0 Å². The van der Waals surface area contributed by atoms with Gasteiger partial charge in [0.25, 0.3) is 0 Å². The SMILES string of the molecule is Nc1ccccc1CN(CCN1CCCC1)C1CC1. The first-order chi connectivity index (χ1) is 9.33. The molecule has 1 saturated heterocycles. The lowest BCUT2D eigenvalue weighted by Crippen LogP contribution is -2.35. The molecule has 0 aromatic heterocycles. The molecule has 1 aliphatic carbocycles. The number of nitrogens with two attached hydrogens (primary N) is 1. The molecule has 3 nitrogen and oxygen atoms in total. The lowest BCUT2D eigenvalue weighted by molar-refractivity contribution is 0.211. The number of hydrogen-bond acceptors (Lipinski definition) is 3. The number of para-hydroxylation sites is 1. The maximum absolute atomic E-state index is 6.07. The van der Waals surface area contributed by atoms with Gasteiger partial charge in [0.2, 0.25) is 0 Å². The zero-order chi connectivity index (χ0) is 13.1. The first kappa shape index (κ1) is 12.9. The number of hydrogen-bond donors (Lipinski definition) is 1. The van der Waals surface area contributed by atoms with Crippen molar-refractivity contribution in [3.63, 3.8) is 0 Å². The molecule has 3 rings (SSSR count). The summed E-state index contributed by atoms with van der Waals surface area (Å²) >= 11 is 0. The van der Waals surface area contributed by atoms with E-state index in [1.165, 1.54) is 57.4 Å². The fraction of sp³-hybridized carbons (Fsp3) is 0.625. The summed E-state index contributed by atoms with van der Waals surface area (Å²) in [5, 5.41) is 0. The van der Waals surface area contributed by atoms with E-state index >= 15 is 0 Å². The fourth-order valence-corrected chi connectivity index (χ4v) is 3.00. The number of likely N-dealkylation sites (tertiary alicyclic amines) is 1. The molecule has 2 N–H and O–H groups in total. The van der Waals surface area contributed by atoms with Crippen LogP contribution in [0.1, 0.15) is 31.2 Å². The molecule has 0 unspecified atom stereocenters. The average molecular weight is 259 g/mol. The van der Waals surface area contributed by atoms with Crippen molar-refractivity contribution in [1.29, 1.82) is 0 Å². The molecule has 1 aromatic carbocycles. The highest BCUT2D eigenvalue weighted by Gasteiger charge is 2.29. The molecule has 1 aromatic rings. The van der Waals surface area contributed by atoms with Crippen LogP contribution in [-0.2, 0) is 6.54 Å². The Balaban J connectivity index is 1.56. The lowest BCUT2D eigenvalue weighted by atomic mass is 10.1. The summed E-state index contributed by atoms with van der Waals surface area (Å²) in [6.07, 6.45) is 5.50. The monoisotopic (exact) mass is 259 g/mol. The molecule has 0 amide bonds. The Labute approximate surface area is 116 Å². The molecule has 1 saturated carbocycles. The van der Waals surface area contributed by atoms with E-state index < -0.39 is 0 Å². The van der Waals surface area contributed by atoms with Crippen LogP contribution in [0.25, 0.3) is 0 Å². The second-order valence-electron chi connectivity index (χ2n) is 5.95. The molecule has 0 bridgehead atoms. The van der Waals surface area contributed by atoms with Gasteiger partial charge in [-0.05, 0) is 50.4 Å². The minimum absolute atomic E-state index is 0.808. The number of nitrogens with zero attached hydrogens (tertiary/aromatic N) is 2. The van der Waals surface area contributed by atoms with Crippen LogP contribution in [0.4, 0.5) is 5.69 Å². The van der Waals surface area contributed by atoms with Gasteiger partial charge in [0, 0.05) is 31.4 Å². The van der Waals surface area contributed by atoms with Crippen molar-refractivity contribution in [2.24, 2.45) is 0 Å². The molecule has 2 fully saturated rings. The average Bonchev–Trinajstić information content (AvgIpc) is 3.13. The number of rotatable bonds is 6. The van der Waals surface area contributed by atoms with Gasteiger partial charge in [-0.1, -0.05) is 18.2 Å². The summed E-state index contributed by atoms with van der Waals surface area (Å²) < 4.78 is 0. The van der Waals surface area contributed by atoms with Gasteiger partial charge in [0.05, 0.1) is 0 Å². The smallest absolute Gasteiger partial charge is 0.0359 e. The Kier molecular flexibility index (Phi) is 4.04. The van der Waals surface area contributed by atoms with Crippen LogP contribution in [0.15, 0.2) is 24.3 Å². The third kappa shape index (κ3) is 3.48. The van der Waals surface area contributed by atoms with Crippen molar-refractivity contribution in [3.8, 4) is 0 Å². The van der Waals surface area contributed by atoms with Gasteiger partial charge in [0.1, 0.15) is 0 Å². The molecular formula is C16H25N3. The van der Waals surface area contributed by atoms with Crippen LogP contribution < -0.4 is 5.73 Å². The van der Waals surface area contributed by atoms with Gasteiger partial charge in [-0.25, -0.2) is 0 Å². The van der Waals surface area contributed by atoms with Crippen molar-refractivity contribution < 1.29 is 0 Å². The Bertz CT molecular complexity index is 408.